The van der Waals surface area contributed by atoms with Gasteiger partial charge in [0, 0.05) is 11.1 Å². The average molecular weight is 311 g/mol. The van der Waals surface area contributed by atoms with Gasteiger partial charge in [0.1, 0.15) is 12.4 Å². The van der Waals surface area contributed by atoms with Gasteiger partial charge >= 0.3 is 0 Å². The Hall–Kier alpha value is -1.58. The summed E-state index contributed by atoms with van der Waals surface area (Å²) < 4.78 is 7.50. The minimum absolute atomic E-state index is 0.0426. The molecule has 2 aromatic rings. The minimum Gasteiger partial charge on any atom is -0.485 e. The molecule has 0 aliphatic heterocycles. The SMILES string of the molecule is CC(=O)c1ccc[n+](CCOc2ccc(Cl)cc2Cl)c1. The smallest absolute Gasteiger partial charge is 0.182 e. The lowest BCUT2D eigenvalue weighted by Gasteiger charge is -2.06. The Kier molecular flexibility index (Phi) is 4.99. The summed E-state index contributed by atoms with van der Waals surface area (Å²) in [4.78, 5) is 11.3. The molecule has 0 unspecified atom stereocenters. The number of rotatable bonds is 5. The van der Waals surface area contributed by atoms with E-state index in [9.17, 15) is 4.79 Å². The molecule has 1 aromatic heterocycles. The summed E-state index contributed by atoms with van der Waals surface area (Å²) in [5.74, 6) is 0.639. The second kappa shape index (κ2) is 6.73. The van der Waals surface area contributed by atoms with Crippen LogP contribution in [-0.4, -0.2) is 12.4 Å². The summed E-state index contributed by atoms with van der Waals surface area (Å²) in [5, 5.41) is 1.06. The quantitative estimate of drug-likeness (QED) is 0.624. The van der Waals surface area contributed by atoms with Crippen molar-refractivity contribution in [3.05, 3.63) is 58.3 Å². The van der Waals surface area contributed by atoms with Crippen molar-refractivity contribution in [2.24, 2.45) is 0 Å². The zero-order valence-corrected chi connectivity index (χ0v) is 12.5. The molecule has 0 saturated carbocycles. The molecule has 3 nitrogen and oxygen atoms in total. The molecule has 104 valence electrons. The Morgan fingerprint density at radius 2 is 2.10 bits per heavy atom. The number of hydrogen-bond donors (Lipinski definition) is 0. The number of Topliss-reactive ketones (excluding diaryl/α,β-unsaturated/α-hetero) is 1. The van der Waals surface area contributed by atoms with Crippen LogP contribution in [0.3, 0.4) is 0 Å². The van der Waals surface area contributed by atoms with Crippen molar-refractivity contribution in [1.82, 2.24) is 0 Å². The molecule has 0 aliphatic carbocycles. The maximum Gasteiger partial charge on any atom is 0.182 e. The minimum atomic E-state index is 0.0426. The maximum absolute atomic E-state index is 11.3. The van der Waals surface area contributed by atoms with Crippen LogP contribution in [-0.2, 0) is 6.54 Å². The second-order valence-electron chi connectivity index (χ2n) is 4.31. The highest BCUT2D eigenvalue weighted by Crippen LogP contribution is 2.27. The van der Waals surface area contributed by atoms with Gasteiger partial charge in [0.05, 0.1) is 10.6 Å². The van der Waals surface area contributed by atoms with Crippen LogP contribution in [0.2, 0.25) is 10.0 Å². The molecule has 0 spiro atoms. The molecule has 5 heteroatoms. The molecule has 1 aromatic carbocycles. The molecule has 0 N–H and O–H groups in total. The standard InChI is InChI=1S/C15H14Cl2NO2/c1-11(19)12-3-2-6-18(10-12)7-8-20-15-5-4-13(16)9-14(15)17/h2-6,9-10H,7-8H2,1H3/q+1. The lowest BCUT2D eigenvalue weighted by atomic mass is 10.2. The predicted molar refractivity (Wildman–Crippen MR) is 78.6 cm³/mol. The van der Waals surface area contributed by atoms with Crippen molar-refractivity contribution >= 4 is 29.0 Å². The van der Waals surface area contributed by atoms with E-state index in [0.717, 1.165) is 0 Å². The molecule has 0 radical (unpaired) electrons. The summed E-state index contributed by atoms with van der Waals surface area (Å²) in [6.07, 6.45) is 3.69. The number of ketones is 1. The third kappa shape index (κ3) is 3.95. The number of benzene rings is 1. The molecule has 20 heavy (non-hydrogen) atoms. The van der Waals surface area contributed by atoms with Crippen molar-refractivity contribution in [3.63, 3.8) is 0 Å². The highest BCUT2D eigenvalue weighted by Gasteiger charge is 2.07. The van der Waals surface area contributed by atoms with Gasteiger partial charge in [-0.15, -0.1) is 0 Å². The van der Waals surface area contributed by atoms with Gasteiger partial charge in [-0.05, 0) is 31.2 Å². The van der Waals surface area contributed by atoms with Crippen molar-refractivity contribution in [1.29, 1.82) is 0 Å². The highest BCUT2D eigenvalue weighted by atomic mass is 35.5. The van der Waals surface area contributed by atoms with E-state index in [2.05, 4.69) is 0 Å². The number of carbonyl (C=O) groups excluding carboxylic acids is 1. The first-order chi connectivity index (χ1) is 9.56. The molecule has 0 amide bonds. The largest absolute Gasteiger partial charge is 0.485 e. The van der Waals surface area contributed by atoms with Gasteiger partial charge in [-0.2, -0.15) is 0 Å². The van der Waals surface area contributed by atoms with E-state index in [-0.39, 0.29) is 5.78 Å². The van der Waals surface area contributed by atoms with Gasteiger partial charge in [-0.1, -0.05) is 23.2 Å². The van der Waals surface area contributed by atoms with Crippen LogP contribution in [0.4, 0.5) is 0 Å². The highest BCUT2D eigenvalue weighted by molar-refractivity contribution is 6.35. The normalized spacial score (nSPS) is 10.3. The summed E-state index contributed by atoms with van der Waals surface area (Å²) >= 11 is 11.8. The van der Waals surface area contributed by atoms with Gasteiger partial charge in [0.2, 0.25) is 0 Å². The zero-order valence-electron chi connectivity index (χ0n) is 11.0. The van der Waals surface area contributed by atoms with Crippen molar-refractivity contribution in [2.45, 2.75) is 13.5 Å². The number of halogens is 2. The van der Waals surface area contributed by atoms with E-state index in [1.54, 1.807) is 37.4 Å². The molecule has 2 rings (SSSR count). The second-order valence-corrected chi connectivity index (χ2v) is 5.15. The zero-order chi connectivity index (χ0) is 14.5. The molecule has 0 bridgehead atoms. The molecular formula is C15H14Cl2NO2+. The number of pyridine rings is 1. The third-order valence-electron chi connectivity index (χ3n) is 2.77. The molecule has 0 atom stereocenters. The van der Waals surface area contributed by atoms with E-state index in [0.29, 0.717) is 34.5 Å². The van der Waals surface area contributed by atoms with Gasteiger partial charge in [-0.25, -0.2) is 4.57 Å². The topological polar surface area (TPSA) is 30.2 Å². The number of nitrogens with zero attached hydrogens (tertiary/aromatic N) is 1. The Morgan fingerprint density at radius 3 is 2.80 bits per heavy atom. The first-order valence-electron chi connectivity index (χ1n) is 6.14. The first-order valence-corrected chi connectivity index (χ1v) is 6.90. The van der Waals surface area contributed by atoms with Crippen LogP contribution >= 0.6 is 23.2 Å². The van der Waals surface area contributed by atoms with Crippen molar-refractivity contribution < 1.29 is 14.1 Å². The van der Waals surface area contributed by atoms with Crippen molar-refractivity contribution in [2.75, 3.05) is 6.61 Å². The summed E-state index contributed by atoms with van der Waals surface area (Å²) in [5.41, 5.74) is 0.678. The monoisotopic (exact) mass is 310 g/mol. The molecule has 0 saturated heterocycles. The van der Waals surface area contributed by atoms with Crippen LogP contribution in [0.15, 0.2) is 42.7 Å². The fourth-order valence-electron chi connectivity index (χ4n) is 1.72. The van der Waals surface area contributed by atoms with Gasteiger partial charge in [-0.3, -0.25) is 4.79 Å². The fraction of sp³-hybridized carbons (Fsp3) is 0.200. The van der Waals surface area contributed by atoms with Crippen LogP contribution in [0.25, 0.3) is 0 Å². The fourth-order valence-corrected chi connectivity index (χ4v) is 2.19. The summed E-state index contributed by atoms with van der Waals surface area (Å²) in [6, 6.07) is 8.73. The molecule has 0 aliphatic rings. The van der Waals surface area contributed by atoms with E-state index < -0.39 is 0 Å². The number of aromatic nitrogens is 1. The van der Waals surface area contributed by atoms with E-state index in [4.69, 9.17) is 27.9 Å². The number of carbonyl (C=O) groups is 1. The van der Waals surface area contributed by atoms with Crippen LogP contribution in [0.5, 0.6) is 5.75 Å². The Balaban J connectivity index is 1.96. The van der Waals surface area contributed by atoms with Gasteiger partial charge in [0.25, 0.3) is 0 Å². The van der Waals surface area contributed by atoms with Crippen LogP contribution in [0.1, 0.15) is 17.3 Å². The molecule has 0 fully saturated rings. The van der Waals surface area contributed by atoms with E-state index >= 15 is 0 Å². The van der Waals surface area contributed by atoms with Gasteiger partial charge in [0.15, 0.2) is 24.7 Å². The maximum atomic E-state index is 11.3. The van der Waals surface area contributed by atoms with Crippen molar-refractivity contribution in [3.8, 4) is 5.75 Å². The third-order valence-corrected chi connectivity index (χ3v) is 3.30. The van der Waals surface area contributed by atoms with E-state index in [1.165, 1.54) is 0 Å². The average Bonchev–Trinajstić information content (AvgIpc) is 2.41. The first kappa shape index (κ1) is 14.8. The Labute approximate surface area is 127 Å². The lowest BCUT2D eigenvalue weighted by molar-refractivity contribution is -0.697. The van der Waals surface area contributed by atoms with E-state index in [1.807, 2.05) is 16.8 Å². The summed E-state index contributed by atoms with van der Waals surface area (Å²) in [7, 11) is 0. The predicted octanol–water partition coefficient (Wildman–Crippen LogP) is 3.56. The molecular weight excluding hydrogens is 297 g/mol. The van der Waals surface area contributed by atoms with Crippen LogP contribution < -0.4 is 9.30 Å². The Bertz CT molecular complexity index is 629. The number of ether oxygens (including phenoxy) is 1. The van der Waals surface area contributed by atoms with Gasteiger partial charge < -0.3 is 4.74 Å². The lowest BCUT2D eigenvalue weighted by Crippen LogP contribution is -2.36. The summed E-state index contributed by atoms with van der Waals surface area (Å²) in [6.45, 7) is 2.62. The molecule has 1 heterocycles. The Morgan fingerprint density at radius 1 is 1.30 bits per heavy atom. The number of hydrogen-bond acceptors (Lipinski definition) is 2. The van der Waals surface area contributed by atoms with Crippen LogP contribution in [0, 0.1) is 0 Å².